The van der Waals surface area contributed by atoms with E-state index >= 15 is 0 Å². The maximum absolute atomic E-state index is 12.5. The molecule has 0 bridgehead atoms. The summed E-state index contributed by atoms with van der Waals surface area (Å²) >= 11 is 0. The molecule has 0 atom stereocenters. The lowest BCUT2D eigenvalue weighted by molar-refractivity contribution is -0.274. The predicted molar refractivity (Wildman–Crippen MR) is 191 cm³/mol. The van der Waals surface area contributed by atoms with Crippen LogP contribution in [-0.4, -0.2) is 46.5 Å². The summed E-state index contributed by atoms with van der Waals surface area (Å²) in [5.41, 5.74) is 20.8. The molecule has 0 saturated heterocycles. The average Bonchev–Trinajstić information content (AvgIpc) is 3.41. The van der Waals surface area contributed by atoms with Crippen LogP contribution in [0.2, 0.25) is 0 Å². The highest BCUT2D eigenvalue weighted by Gasteiger charge is 2.31. The highest BCUT2D eigenvalue weighted by Crippen LogP contribution is 2.31. The van der Waals surface area contributed by atoms with Crippen molar-refractivity contribution in [3.63, 3.8) is 0 Å². The Bertz CT molecular complexity index is 1730. The van der Waals surface area contributed by atoms with Gasteiger partial charge in [-0.2, -0.15) is 4.98 Å². The van der Waals surface area contributed by atoms with Gasteiger partial charge in [-0.15, -0.1) is 13.2 Å². The van der Waals surface area contributed by atoms with Crippen LogP contribution in [0.25, 0.3) is 16.7 Å². The molecule has 0 aliphatic carbocycles. The number of aliphatic imine (C=N–C) groups is 1. The number of hydrogen-bond acceptors (Lipinski definition) is 6. The molecule has 2 aromatic heterocycles. The highest BCUT2D eigenvalue weighted by atomic mass is 19.4. The molecule has 0 saturated carbocycles. The first-order valence-electron chi connectivity index (χ1n) is 16.4. The summed E-state index contributed by atoms with van der Waals surface area (Å²) in [6.45, 7) is 15.0. The summed E-state index contributed by atoms with van der Waals surface area (Å²) in [7, 11) is 0. The number of ether oxygens (including phenoxy) is 1. The van der Waals surface area contributed by atoms with Crippen molar-refractivity contribution in [3.05, 3.63) is 87.6 Å². The largest absolute Gasteiger partial charge is 0.573 e. The van der Waals surface area contributed by atoms with Crippen molar-refractivity contribution in [2.45, 2.75) is 91.0 Å². The Labute approximate surface area is 286 Å². The second-order valence-corrected chi connectivity index (χ2v) is 14.0. The Morgan fingerprint density at radius 2 is 1.63 bits per heavy atom. The van der Waals surface area contributed by atoms with Crippen LogP contribution in [0.4, 0.5) is 13.2 Å². The zero-order valence-electron chi connectivity index (χ0n) is 29.4. The zero-order valence-corrected chi connectivity index (χ0v) is 29.4. The number of aromatic amines is 1. The van der Waals surface area contributed by atoms with Crippen LogP contribution in [0.1, 0.15) is 83.2 Å². The van der Waals surface area contributed by atoms with E-state index in [0.29, 0.717) is 25.2 Å². The molecular formula is C36H51F3N8O2. The molecule has 268 valence electrons. The van der Waals surface area contributed by atoms with Gasteiger partial charge in [0.15, 0.2) is 5.96 Å². The number of H-pyrrole nitrogens is 1. The molecule has 2 aromatic carbocycles. The smallest absolute Gasteiger partial charge is 0.406 e. The van der Waals surface area contributed by atoms with Crippen molar-refractivity contribution in [2.24, 2.45) is 22.2 Å². The fourth-order valence-corrected chi connectivity index (χ4v) is 4.91. The van der Waals surface area contributed by atoms with Gasteiger partial charge in [0.1, 0.15) is 11.4 Å². The van der Waals surface area contributed by atoms with Gasteiger partial charge in [0.05, 0.1) is 5.69 Å². The normalized spacial score (nSPS) is 12.0. The van der Waals surface area contributed by atoms with Crippen molar-refractivity contribution >= 4 is 17.0 Å². The van der Waals surface area contributed by atoms with Crippen LogP contribution >= 0.6 is 0 Å². The Hall–Kier alpha value is -4.36. The number of alkyl halides is 3. The number of rotatable bonds is 12. The maximum atomic E-state index is 12.5. The second-order valence-electron chi connectivity index (χ2n) is 14.0. The molecule has 0 fully saturated rings. The number of nitrogens with one attached hydrogen (secondary N) is 2. The molecule has 0 spiro atoms. The van der Waals surface area contributed by atoms with Crippen LogP contribution in [0.3, 0.4) is 0 Å². The average molecular weight is 685 g/mol. The van der Waals surface area contributed by atoms with Crippen LogP contribution < -0.4 is 32.9 Å². The molecule has 0 aliphatic heterocycles. The molecule has 4 rings (SSSR count). The molecule has 0 amide bonds. The Balaban J connectivity index is 0.000000286. The number of aromatic nitrogens is 3. The molecule has 4 aromatic rings. The molecule has 0 radical (unpaired) electrons. The molecule has 10 nitrogen and oxygen atoms in total. The van der Waals surface area contributed by atoms with E-state index in [2.05, 4.69) is 51.9 Å². The van der Waals surface area contributed by atoms with Gasteiger partial charge in [-0.25, -0.2) is 4.79 Å². The fourth-order valence-electron chi connectivity index (χ4n) is 4.91. The first-order valence-corrected chi connectivity index (χ1v) is 16.4. The van der Waals surface area contributed by atoms with Gasteiger partial charge in [0, 0.05) is 35.8 Å². The van der Waals surface area contributed by atoms with Crippen LogP contribution in [0, 0.1) is 0 Å². The number of fused-ring (bicyclic) bond motifs is 1. The van der Waals surface area contributed by atoms with Crippen LogP contribution in [0.15, 0.2) is 64.5 Å². The lowest BCUT2D eigenvalue weighted by atomic mass is 9.85. The minimum Gasteiger partial charge on any atom is -0.406 e. The third kappa shape index (κ3) is 12.9. The molecule has 2 heterocycles. The van der Waals surface area contributed by atoms with Gasteiger partial charge in [-0.1, -0.05) is 59.7 Å². The third-order valence-corrected chi connectivity index (χ3v) is 7.65. The fraction of sp³-hybridized carbons (Fsp3) is 0.472. The van der Waals surface area contributed by atoms with E-state index < -0.39 is 6.36 Å². The van der Waals surface area contributed by atoms with E-state index in [1.54, 1.807) is 4.57 Å². The third-order valence-electron chi connectivity index (χ3n) is 7.65. The lowest BCUT2D eigenvalue weighted by Crippen LogP contribution is -2.23. The number of nitrogens with two attached hydrogens (primary N) is 3. The van der Waals surface area contributed by atoms with E-state index in [4.69, 9.17) is 17.2 Å². The summed E-state index contributed by atoms with van der Waals surface area (Å²) in [6, 6.07) is 14.8. The first kappa shape index (κ1) is 39.1. The van der Waals surface area contributed by atoms with E-state index in [-0.39, 0.29) is 28.2 Å². The minimum absolute atomic E-state index is 0.0352. The summed E-state index contributed by atoms with van der Waals surface area (Å²) in [4.78, 5) is 23.9. The van der Waals surface area contributed by atoms with Gasteiger partial charge < -0.3 is 32.2 Å². The van der Waals surface area contributed by atoms with Crippen LogP contribution in [0.5, 0.6) is 5.75 Å². The molecular weight excluding hydrogens is 633 g/mol. The number of aryl methyl sites for hydroxylation is 1. The number of nitrogens with zero attached hydrogens (tertiary/aromatic N) is 3. The predicted octanol–water partition coefficient (Wildman–Crippen LogP) is 5.93. The molecule has 8 N–H and O–H groups in total. The molecule has 49 heavy (non-hydrogen) atoms. The summed E-state index contributed by atoms with van der Waals surface area (Å²) in [6.07, 6.45) is 0.461. The molecule has 0 unspecified atom stereocenters. The van der Waals surface area contributed by atoms with E-state index in [1.807, 2.05) is 57.3 Å². The van der Waals surface area contributed by atoms with Crippen molar-refractivity contribution < 1.29 is 17.9 Å². The van der Waals surface area contributed by atoms with Gasteiger partial charge in [0.2, 0.25) is 0 Å². The van der Waals surface area contributed by atoms with E-state index in [9.17, 15) is 18.0 Å². The van der Waals surface area contributed by atoms with Crippen molar-refractivity contribution in [1.82, 2.24) is 19.9 Å². The molecule has 0 aliphatic rings. The van der Waals surface area contributed by atoms with Gasteiger partial charge in [-0.3, -0.25) is 9.56 Å². The number of benzene rings is 2. The van der Waals surface area contributed by atoms with Crippen molar-refractivity contribution in [2.75, 3.05) is 19.6 Å². The highest BCUT2D eigenvalue weighted by molar-refractivity contribution is 5.76. The maximum Gasteiger partial charge on any atom is 0.573 e. The number of halogens is 3. The van der Waals surface area contributed by atoms with Gasteiger partial charge >= 0.3 is 12.1 Å². The first-order chi connectivity index (χ1) is 22.9. The quantitative estimate of drug-likeness (QED) is 0.0702. The number of hydrogen-bond donors (Lipinski definition) is 5. The summed E-state index contributed by atoms with van der Waals surface area (Å²) < 4.78 is 42.7. The van der Waals surface area contributed by atoms with Crippen LogP contribution in [-0.2, 0) is 23.8 Å². The van der Waals surface area contributed by atoms with E-state index in [1.165, 1.54) is 12.1 Å². The Morgan fingerprint density at radius 3 is 2.22 bits per heavy atom. The topological polar surface area (TPSA) is 162 Å². The van der Waals surface area contributed by atoms with Crippen molar-refractivity contribution in [1.29, 1.82) is 0 Å². The zero-order chi connectivity index (χ0) is 36.4. The monoisotopic (exact) mass is 684 g/mol. The van der Waals surface area contributed by atoms with E-state index in [0.717, 1.165) is 65.8 Å². The van der Waals surface area contributed by atoms with Gasteiger partial charge in [-0.05, 0) is 91.2 Å². The Morgan fingerprint density at radius 1 is 0.939 bits per heavy atom. The van der Waals surface area contributed by atoms with Gasteiger partial charge in [0.25, 0.3) is 0 Å². The summed E-state index contributed by atoms with van der Waals surface area (Å²) in [5, 5.41) is 4.27. The minimum atomic E-state index is -4.66. The number of unbranched alkanes of at least 4 members (excludes halogenated alkanes) is 1. The summed E-state index contributed by atoms with van der Waals surface area (Å²) in [5.74, 6) is -0.0227. The number of guanidine groups is 1. The Kier molecular flexibility index (Phi) is 13.4. The standard InChI is InChI=1S/C21H29N7O.C15H22F3NO/c1-21(2,3)17-11-15-13-28(20(29)27-18(15)26-17)16-7-5-14(6-8-16)12-24-9-4-10-25-19(22)23;1-14(2,3)12-8-11(6-4-5-7-19)9-13(10-12)20-15(16,17)18/h5-8,11,13,24H,4,9-10,12H2,1-3H3,(H4,22,23,25)(H,26,27,29);8-10H,4-7,19H2,1-3H3. The lowest BCUT2D eigenvalue weighted by Gasteiger charge is -2.21. The second kappa shape index (κ2) is 16.8. The molecule has 13 heteroatoms. The SMILES string of the molecule is CC(C)(C)c1cc(CCCCN)cc(OC(F)(F)F)c1.CC(C)(C)c1cc2cn(-c3ccc(CNCCCN=C(N)N)cc3)c(=O)nc2[nH]1. The van der Waals surface area contributed by atoms with Crippen molar-refractivity contribution in [3.8, 4) is 11.4 Å².